The second-order valence-corrected chi connectivity index (χ2v) is 3.34. The molecule has 0 aliphatic heterocycles. The highest BCUT2D eigenvalue weighted by Crippen LogP contribution is 2.21. The Morgan fingerprint density at radius 3 is 2.41 bits per heavy atom. The Morgan fingerprint density at radius 2 is 1.88 bits per heavy atom. The Balaban J connectivity index is 2.43. The Kier molecular flexibility index (Phi) is 2.93. The van der Waals surface area contributed by atoms with Gasteiger partial charge in [-0.1, -0.05) is 0 Å². The van der Waals surface area contributed by atoms with Crippen LogP contribution in [0.15, 0.2) is 45.6 Å². The molecule has 1 aromatic carbocycles. The fourth-order valence-corrected chi connectivity index (χ4v) is 1.41. The fourth-order valence-electron chi connectivity index (χ4n) is 1.41. The first-order valence-electron chi connectivity index (χ1n) is 4.93. The number of hydrogen-bond donors (Lipinski definition) is 0. The van der Waals surface area contributed by atoms with Crippen LogP contribution in [0, 0.1) is 11.3 Å². The lowest BCUT2D eigenvalue weighted by atomic mass is 10.1. The van der Waals surface area contributed by atoms with Gasteiger partial charge in [-0.25, -0.2) is 4.79 Å². The maximum Gasteiger partial charge on any atom is 0.354 e. The molecule has 0 N–H and O–H groups in total. The van der Waals surface area contributed by atoms with E-state index in [1.807, 2.05) is 0 Å². The molecule has 2 aromatic rings. The summed E-state index contributed by atoms with van der Waals surface area (Å²) in [6.07, 6.45) is 0. The first kappa shape index (κ1) is 11.0. The molecule has 17 heavy (non-hydrogen) atoms. The molecule has 0 saturated heterocycles. The normalized spacial score (nSPS) is 9.65. The first-order valence-corrected chi connectivity index (χ1v) is 4.93. The van der Waals surface area contributed by atoms with E-state index in [4.69, 9.17) is 14.4 Å². The monoisotopic (exact) mass is 227 g/mol. The SMILES string of the molecule is COc1ccc(-c2ccc(C#N)c(=O)o2)cc1. The van der Waals surface area contributed by atoms with Crippen molar-refractivity contribution in [2.75, 3.05) is 7.11 Å². The van der Waals surface area contributed by atoms with Crippen molar-refractivity contribution in [2.45, 2.75) is 0 Å². The Morgan fingerprint density at radius 1 is 1.18 bits per heavy atom. The molecule has 0 unspecified atom stereocenters. The summed E-state index contributed by atoms with van der Waals surface area (Å²) in [5, 5.41) is 8.62. The summed E-state index contributed by atoms with van der Waals surface area (Å²) in [4.78, 5) is 11.4. The van der Waals surface area contributed by atoms with Crippen LogP contribution in [-0.4, -0.2) is 7.11 Å². The van der Waals surface area contributed by atoms with E-state index >= 15 is 0 Å². The highest BCUT2D eigenvalue weighted by molar-refractivity contribution is 5.58. The lowest BCUT2D eigenvalue weighted by Gasteiger charge is -2.02. The van der Waals surface area contributed by atoms with Gasteiger partial charge in [0.25, 0.3) is 0 Å². The van der Waals surface area contributed by atoms with E-state index < -0.39 is 5.63 Å². The molecular weight excluding hydrogens is 218 g/mol. The number of methoxy groups -OCH3 is 1. The molecule has 0 spiro atoms. The van der Waals surface area contributed by atoms with Gasteiger partial charge in [0.1, 0.15) is 23.1 Å². The second kappa shape index (κ2) is 4.54. The van der Waals surface area contributed by atoms with Crippen molar-refractivity contribution in [3.05, 3.63) is 52.4 Å². The molecule has 4 heteroatoms. The Hall–Kier alpha value is -2.54. The van der Waals surface area contributed by atoms with Crippen LogP contribution in [0.2, 0.25) is 0 Å². The molecular formula is C13H9NO3. The molecule has 0 bridgehead atoms. The van der Waals surface area contributed by atoms with Gasteiger partial charge in [-0.3, -0.25) is 0 Å². The second-order valence-electron chi connectivity index (χ2n) is 3.34. The smallest absolute Gasteiger partial charge is 0.354 e. The molecule has 84 valence electrons. The number of hydrogen-bond acceptors (Lipinski definition) is 4. The van der Waals surface area contributed by atoms with Crippen LogP contribution in [-0.2, 0) is 0 Å². The van der Waals surface area contributed by atoms with Gasteiger partial charge in [0, 0.05) is 5.56 Å². The Bertz CT molecular complexity index is 620. The van der Waals surface area contributed by atoms with Crippen molar-refractivity contribution in [2.24, 2.45) is 0 Å². The number of rotatable bonds is 2. The molecule has 0 saturated carbocycles. The van der Waals surface area contributed by atoms with Crippen LogP contribution < -0.4 is 10.4 Å². The van der Waals surface area contributed by atoms with Crippen molar-refractivity contribution >= 4 is 0 Å². The highest BCUT2D eigenvalue weighted by atomic mass is 16.5. The van der Waals surface area contributed by atoms with Gasteiger partial charge in [-0.05, 0) is 36.4 Å². The van der Waals surface area contributed by atoms with Crippen molar-refractivity contribution < 1.29 is 9.15 Å². The largest absolute Gasteiger partial charge is 0.497 e. The van der Waals surface area contributed by atoms with Gasteiger partial charge in [0.15, 0.2) is 0 Å². The molecule has 0 fully saturated rings. The van der Waals surface area contributed by atoms with Crippen molar-refractivity contribution in [1.82, 2.24) is 0 Å². The van der Waals surface area contributed by atoms with Crippen molar-refractivity contribution in [3.8, 4) is 23.1 Å². The zero-order valence-electron chi connectivity index (χ0n) is 9.14. The standard InChI is InChI=1S/C13H9NO3/c1-16-11-5-2-9(3-6-11)12-7-4-10(8-14)13(15)17-12/h2-7H,1H3. The van der Waals surface area contributed by atoms with Crippen LogP contribution in [0.25, 0.3) is 11.3 Å². The molecule has 0 radical (unpaired) electrons. The summed E-state index contributed by atoms with van der Waals surface area (Å²) < 4.78 is 10.1. The lowest BCUT2D eigenvalue weighted by molar-refractivity contribution is 0.415. The van der Waals surface area contributed by atoms with Gasteiger partial charge in [0.05, 0.1) is 7.11 Å². The summed E-state index contributed by atoms with van der Waals surface area (Å²) in [6, 6.07) is 11.9. The van der Waals surface area contributed by atoms with Gasteiger partial charge < -0.3 is 9.15 Å². The Labute approximate surface area is 97.7 Å². The van der Waals surface area contributed by atoms with E-state index in [1.165, 1.54) is 6.07 Å². The molecule has 1 aromatic heterocycles. The third kappa shape index (κ3) is 2.18. The quantitative estimate of drug-likeness (QED) is 0.788. The number of nitrogens with zero attached hydrogens (tertiary/aromatic N) is 1. The van der Waals surface area contributed by atoms with E-state index in [0.29, 0.717) is 5.76 Å². The minimum absolute atomic E-state index is 0.00209. The third-order valence-electron chi connectivity index (χ3n) is 2.32. The van der Waals surface area contributed by atoms with Crippen LogP contribution in [0.5, 0.6) is 5.75 Å². The van der Waals surface area contributed by atoms with Crippen molar-refractivity contribution in [3.63, 3.8) is 0 Å². The summed E-state index contributed by atoms with van der Waals surface area (Å²) in [5.74, 6) is 1.15. The highest BCUT2D eigenvalue weighted by Gasteiger charge is 2.05. The number of nitriles is 1. The molecule has 0 aliphatic rings. The van der Waals surface area contributed by atoms with E-state index in [-0.39, 0.29) is 5.56 Å². The van der Waals surface area contributed by atoms with Crippen LogP contribution >= 0.6 is 0 Å². The average Bonchev–Trinajstić information content (AvgIpc) is 2.39. The van der Waals surface area contributed by atoms with E-state index in [9.17, 15) is 4.79 Å². The molecule has 1 heterocycles. The van der Waals surface area contributed by atoms with E-state index in [1.54, 1.807) is 43.5 Å². The zero-order chi connectivity index (χ0) is 12.3. The maximum absolute atomic E-state index is 11.4. The number of benzene rings is 1. The summed E-state index contributed by atoms with van der Waals surface area (Å²) in [7, 11) is 1.58. The minimum Gasteiger partial charge on any atom is -0.497 e. The summed E-state index contributed by atoms with van der Waals surface area (Å²) in [6.45, 7) is 0. The van der Waals surface area contributed by atoms with Gasteiger partial charge in [-0.2, -0.15) is 5.26 Å². The molecule has 4 nitrogen and oxygen atoms in total. The van der Waals surface area contributed by atoms with Gasteiger partial charge >= 0.3 is 5.63 Å². The van der Waals surface area contributed by atoms with Gasteiger partial charge in [-0.15, -0.1) is 0 Å². The maximum atomic E-state index is 11.4. The fraction of sp³-hybridized carbons (Fsp3) is 0.0769. The van der Waals surface area contributed by atoms with E-state index in [0.717, 1.165) is 11.3 Å². The van der Waals surface area contributed by atoms with Crippen LogP contribution in [0.3, 0.4) is 0 Å². The topological polar surface area (TPSA) is 63.2 Å². The minimum atomic E-state index is -0.624. The molecule has 0 atom stereocenters. The van der Waals surface area contributed by atoms with Crippen LogP contribution in [0.4, 0.5) is 0 Å². The molecule has 0 amide bonds. The average molecular weight is 227 g/mol. The van der Waals surface area contributed by atoms with Crippen LogP contribution in [0.1, 0.15) is 5.56 Å². The molecule has 0 aliphatic carbocycles. The zero-order valence-corrected chi connectivity index (χ0v) is 9.14. The van der Waals surface area contributed by atoms with E-state index in [2.05, 4.69) is 0 Å². The predicted molar refractivity (Wildman–Crippen MR) is 61.7 cm³/mol. The van der Waals surface area contributed by atoms with Gasteiger partial charge in [0.2, 0.25) is 0 Å². The summed E-state index contributed by atoms with van der Waals surface area (Å²) in [5.41, 5.74) is 0.135. The molecule has 2 rings (SSSR count). The van der Waals surface area contributed by atoms with Crippen molar-refractivity contribution in [1.29, 1.82) is 5.26 Å². The first-order chi connectivity index (χ1) is 8.24. The lowest BCUT2D eigenvalue weighted by Crippen LogP contribution is -2.03. The predicted octanol–water partition coefficient (Wildman–Crippen LogP) is 2.19. The third-order valence-corrected chi connectivity index (χ3v) is 2.32. The number of ether oxygens (including phenoxy) is 1. The summed E-state index contributed by atoms with van der Waals surface area (Å²) >= 11 is 0.